The van der Waals surface area contributed by atoms with Crippen molar-refractivity contribution < 1.29 is 24.7 Å². The van der Waals surface area contributed by atoms with Crippen molar-refractivity contribution in [1.82, 2.24) is 4.98 Å². The Hall–Kier alpha value is -3.85. The number of anilines is 1. The smallest absolute Gasteiger partial charge is 0.351 e. The van der Waals surface area contributed by atoms with Gasteiger partial charge >= 0.3 is 20.1 Å². The number of hydrogen-bond donors (Lipinski definition) is 0. The van der Waals surface area contributed by atoms with Crippen LogP contribution in [-0.4, -0.2) is 27.0 Å². The fraction of sp³-hybridized carbons (Fsp3) is 0.211. The van der Waals surface area contributed by atoms with E-state index in [1.54, 1.807) is 6.20 Å². The first kappa shape index (κ1) is 31.1. The fourth-order valence-electron chi connectivity index (χ4n) is 5.28. The van der Waals surface area contributed by atoms with Crippen molar-refractivity contribution in [3.8, 4) is 22.4 Å². The Morgan fingerprint density at radius 1 is 0.690 bits per heavy atom. The van der Waals surface area contributed by atoms with Crippen LogP contribution in [0.1, 0.15) is 38.8 Å². The SMILES string of the molecule is Cc1cccc(C)c1-c1ccc(N2[C-]=[N+](c3[c-]cccc3)C(C)(C)C2(C)C)cc1.[Ir+3].[c-]1ccccc1-c1ccccn1. The Kier molecular flexibility index (Phi) is 9.61. The minimum absolute atomic E-state index is 0. The Labute approximate surface area is 265 Å². The van der Waals surface area contributed by atoms with Gasteiger partial charge in [-0.3, -0.25) is 0 Å². The summed E-state index contributed by atoms with van der Waals surface area (Å²) in [5.74, 6) is 0. The van der Waals surface area contributed by atoms with E-state index in [-0.39, 0.29) is 31.2 Å². The quantitative estimate of drug-likeness (QED) is 0.136. The van der Waals surface area contributed by atoms with Gasteiger partial charge in [-0.1, -0.05) is 60.3 Å². The Bertz CT molecular complexity index is 1570. The molecule has 2 heterocycles. The van der Waals surface area contributed by atoms with E-state index < -0.39 is 0 Å². The third-order valence-corrected chi connectivity index (χ3v) is 8.29. The summed E-state index contributed by atoms with van der Waals surface area (Å²) in [4.78, 5) is 6.48. The zero-order chi connectivity index (χ0) is 29.0. The van der Waals surface area contributed by atoms with Gasteiger partial charge in [0.05, 0.1) is 0 Å². The molecule has 212 valence electrons. The molecule has 0 bridgehead atoms. The van der Waals surface area contributed by atoms with Crippen molar-refractivity contribution in [1.29, 1.82) is 0 Å². The van der Waals surface area contributed by atoms with E-state index in [9.17, 15) is 0 Å². The molecule has 1 aromatic heterocycles. The molecule has 0 unspecified atom stereocenters. The number of hydrogen-bond acceptors (Lipinski definition) is 2. The molecule has 0 fully saturated rings. The number of aryl methyl sites for hydroxylation is 2. The van der Waals surface area contributed by atoms with Crippen LogP contribution in [0, 0.1) is 26.0 Å². The van der Waals surface area contributed by atoms with E-state index in [1.165, 1.54) is 22.3 Å². The first-order valence-electron chi connectivity index (χ1n) is 14.1. The van der Waals surface area contributed by atoms with E-state index in [0.29, 0.717) is 0 Å². The number of nitrogens with zero attached hydrogens (tertiary/aromatic N) is 3. The van der Waals surface area contributed by atoms with Gasteiger partial charge in [-0.15, -0.1) is 35.9 Å². The van der Waals surface area contributed by atoms with E-state index in [0.717, 1.165) is 22.6 Å². The third-order valence-electron chi connectivity index (χ3n) is 8.29. The normalized spacial score (nSPS) is 14.7. The molecule has 4 aromatic carbocycles. The van der Waals surface area contributed by atoms with Crippen molar-refractivity contribution in [2.45, 2.75) is 52.6 Å². The van der Waals surface area contributed by atoms with Crippen molar-refractivity contribution in [2.24, 2.45) is 0 Å². The zero-order valence-corrected chi connectivity index (χ0v) is 27.5. The zero-order valence-electron chi connectivity index (χ0n) is 25.1. The number of para-hydroxylation sites is 1. The molecule has 0 saturated carbocycles. The van der Waals surface area contributed by atoms with Crippen molar-refractivity contribution >= 4 is 17.7 Å². The maximum atomic E-state index is 4.22. The minimum atomic E-state index is -0.143. The largest absolute Gasteiger partial charge is 3.00 e. The third kappa shape index (κ3) is 6.16. The van der Waals surface area contributed by atoms with Crippen LogP contribution in [0.4, 0.5) is 11.4 Å². The number of aromatic nitrogens is 1. The molecule has 1 aliphatic rings. The molecule has 0 amide bonds. The van der Waals surface area contributed by atoms with E-state index in [1.807, 2.05) is 54.6 Å². The van der Waals surface area contributed by atoms with Gasteiger partial charge in [-0.05, 0) is 75.6 Å². The summed E-state index contributed by atoms with van der Waals surface area (Å²) in [5, 5.41) is 0. The van der Waals surface area contributed by atoms with Gasteiger partial charge in [0.15, 0.2) is 0 Å². The summed E-state index contributed by atoms with van der Waals surface area (Å²) in [5.41, 5.74) is 9.12. The summed E-state index contributed by atoms with van der Waals surface area (Å²) in [6.45, 7) is 13.5. The molecule has 0 atom stereocenters. The molecule has 0 radical (unpaired) electrons. The van der Waals surface area contributed by atoms with Crippen LogP contribution in [-0.2, 0) is 20.1 Å². The number of pyridine rings is 1. The standard InChI is InChI=1S/C27H29N2.C11H8N.Ir/c1-20-11-10-12-21(2)25(20)22-15-17-24(18-16-22)29-19-28(23-13-8-7-9-14-23)26(3,4)27(29,5)6;1-2-6-10(7-3-1)11-8-4-5-9-12-11;/h7-13,15-18H,1-6H3;1-6,8-9H;/q2*-1;+3. The van der Waals surface area contributed by atoms with Crippen molar-refractivity contribution in [2.75, 3.05) is 4.90 Å². The van der Waals surface area contributed by atoms with Gasteiger partial charge < -0.3 is 14.5 Å². The summed E-state index contributed by atoms with van der Waals surface area (Å²) < 4.78 is 2.21. The second-order valence-corrected chi connectivity index (χ2v) is 11.4. The van der Waals surface area contributed by atoms with Gasteiger partial charge in [0.2, 0.25) is 6.34 Å². The molecule has 0 saturated heterocycles. The van der Waals surface area contributed by atoms with E-state index in [4.69, 9.17) is 0 Å². The fourth-order valence-corrected chi connectivity index (χ4v) is 5.28. The predicted octanol–water partition coefficient (Wildman–Crippen LogP) is 8.94. The minimum Gasteiger partial charge on any atom is -0.351 e. The van der Waals surface area contributed by atoms with Gasteiger partial charge in [-0.2, -0.15) is 24.3 Å². The van der Waals surface area contributed by atoms with Gasteiger partial charge in [0.1, 0.15) is 11.1 Å². The number of benzene rings is 4. The van der Waals surface area contributed by atoms with Crippen molar-refractivity contribution in [3.63, 3.8) is 0 Å². The molecular weight excluding hydrogens is 691 g/mol. The molecule has 0 spiro atoms. The van der Waals surface area contributed by atoms with Crippen LogP contribution in [0.25, 0.3) is 22.4 Å². The molecule has 0 N–H and O–H groups in total. The summed E-state index contributed by atoms with van der Waals surface area (Å²) in [6, 6.07) is 43.6. The number of rotatable bonds is 4. The molecule has 0 aliphatic carbocycles. The Morgan fingerprint density at radius 2 is 1.33 bits per heavy atom. The molecule has 6 rings (SSSR count). The second-order valence-electron chi connectivity index (χ2n) is 11.4. The van der Waals surface area contributed by atoms with Crippen LogP contribution >= 0.6 is 0 Å². The maximum Gasteiger partial charge on any atom is 3.00 e. The molecule has 3 nitrogen and oxygen atoms in total. The van der Waals surface area contributed by atoms with Crippen LogP contribution in [0.2, 0.25) is 0 Å². The van der Waals surface area contributed by atoms with Crippen LogP contribution in [0.5, 0.6) is 0 Å². The Morgan fingerprint density at radius 3 is 1.90 bits per heavy atom. The maximum absolute atomic E-state index is 4.22. The van der Waals surface area contributed by atoms with Gasteiger partial charge in [0, 0.05) is 11.9 Å². The van der Waals surface area contributed by atoms with E-state index in [2.05, 4.69) is 129 Å². The van der Waals surface area contributed by atoms with Gasteiger partial charge in [0.25, 0.3) is 0 Å². The van der Waals surface area contributed by atoms with Crippen LogP contribution in [0.3, 0.4) is 0 Å². The first-order valence-corrected chi connectivity index (χ1v) is 14.1. The van der Waals surface area contributed by atoms with Crippen LogP contribution < -0.4 is 4.90 Å². The topological polar surface area (TPSA) is 19.1 Å². The molecule has 42 heavy (non-hydrogen) atoms. The average Bonchev–Trinajstić information content (AvgIpc) is 3.18. The second kappa shape index (κ2) is 13.0. The molecule has 1 aliphatic heterocycles. The average molecular weight is 728 g/mol. The Balaban J connectivity index is 0.000000261. The molecule has 5 aromatic rings. The van der Waals surface area contributed by atoms with E-state index >= 15 is 0 Å². The summed E-state index contributed by atoms with van der Waals surface area (Å²) in [6.07, 6.45) is 5.41. The summed E-state index contributed by atoms with van der Waals surface area (Å²) in [7, 11) is 0. The van der Waals surface area contributed by atoms with Gasteiger partial charge in [-0.25, -0.2) is 6.07 Å². The van der Waals surface area contributed by atoms with Crippen molar-refractivity contribution in [3.05, 3.63) is 139 Å². The molecular formula is C38H37IrN3+. The first-order chi connectivity index (χ1) is 19.7. The van der Waals surface area contributed by atoms with Crippen LogP contribution in [0.15, 0.2) is 115 Å². The molecule has 4 heteroatoms. The predicted molar refractivity (Wildman–Crippen MR) is 171 cm³/mol. The summed E-state index contributed by atoms with van der Waals surface area (Å²) >= 11 is 0. The monoisotopic (exact) mass is 728 g/mol.